The second-order valence-corrected chi connectivity index (χ2v) is 5.42. The molecule has 0 aliphatic carbocycles. The molecular formula is C18H17ClN2O2. The van der Waals surface area contributed by atoms with Gasteiger partial charge in [-0.25, -0.2) is 0 Å². The lowest BCUT2D eigenvalue weighted by atomic mass is 10.1. The van der Waals surface area contributed by atoms with Crippen molar-refractivity contribution in [2.75, 3.05) is 5.32 Å². The summed E-state index contributed by atoms with van der Waals surface area (Å²) in [7, 11) is 0. The third kappa shape index (κ3) is 4.69. The first kappa shape index (κ1) is 16.8. The largest absolute Gasteiger partial charge is 0.322 e. The molecule has 5 heteroatoms. The van der Waals surface area contributed by atoms with Crippen molar-refractivity contribution >= 4 is 35.2 Å². The highest BCUT2D eigenvalue weighted by atomic mass is 35.5. The third-order valence-electron chi connectivity index (χ3n) is 3.18. The molecule has 0 atom stereocenters. The second-order valence-electron chi connectivity index (χ2n) is 5.02. The van der Waals surface area contributed by atoms with Gasteiger partial charge in [-0.1, -0.05) is 48.0 Å². The Hall–Kier alpha value is -2.59. The summed E-state index contributed by atoms with van der Waals surface area (Å²) in [4.78, 5) is 23.8. The van der Waals surface area contributed by atoms with Gasteiger partial charge in [-0.3, -0.25) is 9.59 Å². The van der Waals surface area contributed by atoms with Crippen LogP contribution in [0.5, 0.6) is 0 Å². The topological polar surface area (TPSA) is 58.2 Å². The molecule has 4 nitrogen and oxygen atoms in total. The van der Waals surface area contributed by atoms with Crippen LogP contribution in [0.3, 0.4) is 0 Å². The Balaban J connectivity index is 2.28. The zero-order valence-corrected chi connectivity index (χ0v) is 13.6. The van der Waals surface area contributed by atoms with E-state index in [0.29, 0.717) is 10.7 Å². The summed E-state index contributed by atoms with van der Waals surface area (Å²) in [6.45, 7) is 3.17. The normalized spacial score (nSPS) is 11.0. The second kappa shape index (κ2) is 7.61. The fourth-order valence-electron chi connectivity index (χ4n) is 2.00. The lowest BCUT2D eigenvalue weighted by molar-refractivity contribution is -0.120. The zero-order chi connectivity index (χ0) is 16.8. The number of rotatable bonds is 4. The van der Waals surface area contributed by atoms with Gasteiger partial charge in [0.2, 0.25) is 5.91 Å². The lowest BCUT2D eigenvalue weighted by Crippen LogP contribution is -2.29. The van der Waals surface area contributed by atoms with Gasteiger partial charge < -0.3 is 10.6 Å². The highest BCUT2D eigenvalue weighted by Gasteiger charge is 2.13. The summed E-state index contributed by atoms with van der Waals surface area (Å²) >= 11 is 6.06. The molecular weight excluding hydrogens is 312 g/mol. The molecule has 0 aliphatic heterocycles. The van der Waals surface area contributed by atoms with Crippen molar-refractivity contribution in [2.24, 2.45) is 0 Å². The van der Waals surface area contributed by atoms with E-state index in [2.05, 4.69) is 10.6 Å². The quantitative estimate of drug-likeness (QED) is 0.839. The van der Waals surface area contributed by atoms with Crippen LogP contribution >= 0.6 is 11.6 Å². The van der Waals surface area contributed by atoms with Crippen LogP contribution in [-0.2, 0) is 9.59 Å². The number of carbonyl (C=O) groups excluding carboxylic acids is 2. The molecule has 0 aromatic heterocycles. The lowest BCUT2D eigenvalue weighted by Gasteiger charge is -2.12. The first-order chi connectivity index (χ1) is 11.0. The monoisotopic (exact) mass is 328 g/mol. The predicted molar refractivity (Wildman–Crippen MR) is 93.1 cm³/mol. The van der Waals surface area contributed by atoms with Crippen LogP contribution in [0.4, 0.5) is 5.69 Å². The molecule has 0 aliphatic rings. The molecule has 0 radical (unpaired) electrons. The number of hydrogen-bond donors (Lipinski definition) is 2. The number of anilines is 1. The van der Waals surface area contributed by atoms with Crippen molar-refractivity contribution in [3.05, 3.63) is 70.4 Å². The van der Waals surface area contributed by atoms with Crippen molar-refractivity contribution in [1.82, 2.24) is 5.32 Å². The minimum absolute atomic E-state index is 0.170. The van der Waals surface area contributed by atoms with Crippen LogP contribution < -0.4 is 10.6 Å². The van der Waals surface area contributed by atoms with Gasteiger partial charge in [-0.2, -0.15) is 0 Å². The molecule has 0 unspecified atom stereocenters. The molecule has 0 spiro atoms. The minimum atomic E-state index is -0.408. The Kier molecular flexibility index (Phi) is 5.55. The predicted octanol–water partition coefficient (Wildman–Crippen LogP) is 3.76. The molecule has 2 N–H and O–H groups in total. The Morgan fingerprint density at radius 1 is 1.04 bits per heavy atom. The molecule has 0 saturated heterocycles. The third-order valence-corrected chi connectivity index (χ3v) is 3.59. The van der Waals surface area contributed by atoms with E-state index < -0.39 is 5.91 Å². The van der Waals surface area contributed by atoms with Crippen LogP contribution in [0.1, 0.15) is 18.1 Å². The van der Waals surface area contributed by atoms with Crippen LogP contribution in [-0.4, -0.2) is 11.8 Å². The molecule has 2 aromatic carbocycles. The molecule has 0 saturated carbocycles. The van der Waals surface area contributed by atoms with Gasteiger partial charge in [-0.15, -0.1) is 0 Å². The smallest absolute Gasteiger partial charge is 0.272 e. The van der Waals surface area contributed by atoms with E-state index in [0.717, 1.165) is 11.1 Å². The summed E-state index contributed by atoms with van der Waals surface area (Å²) in [5.41, 5.74) is 2.36. The molecule has 0 bridgehead atoms. The number of nitrogens with one attached hydrogen (secondary N) is 2. The van der Waals surface area contributed by atoms with E-state index in [4.69, 9.17) is 11.6 Å². The number of benzene rings is 2. The van der Waals surface area contributed by atoms with E-state index in [1.165, 1.54) is 6.92 Å². The molecule has 2 rings (SSSR count). The van der Waals surface area contributed by atoms with Crippen molar-refractivity contribution in [1.29, 1.82) is 0 Å². The van der Waals surface area contributed by atoms with Crippen molar-refractivity contribution in [3.8, 4) is 0 Å². The fourth-order valence-corrected chi connectivity index (χ4v) is 2.17. The molecule has 0 heterocycles. The van der Waals surface area contributed by atoms with Gasteiger partial charge in [0.05, 0.1) is 0 Å². The maximum absolute atomic E-state index is 12.5. The molecule has 23 heavy (non-hydrogen) atoms. The SMILES string of the molecule is CC(=O)N/C(=C\c1ccccc1)C(=O)Nc1cccc(Cl)c1C. The van der Waals surface area contributed by atoms with Gasteiger partial charge in [0.1, 0.15) is 5.70 Å². The summed E-state index contributed by atoms with van der Waals surface area (Å²) < 4.78 is 0. The molecule has 2 amide bonds. The van der Waals surface area contributed by atoms with Crippen molar-refractivity contribution < 1.29 is 9.59 Å². The minimum Gasteiger partial charge on any atom is -0.322 e. The maximum atomic E-state index is 12.5. The molecule has 0 fully saturated rings. The highest BCUT2D eigenvalue weighted by Crippen LogP contribution is 2.23. The first-order valence-corrected chi connectivity index (χ1v) is 7.46. The van der Waals surface area contributed by atoms with Crippen LogP contribution in [0.25, 0.3) is 6.08 Å². The zero-order valence-electron chi connectivity index (χ0n) is 12.9. The number of amides is 2. The Labute approximate surface area is 140 Å². The van der Waals surface area contributed by atoms with E-state index in [1.807, 2.05) is 37.3 Å². The fraction of sp³-hybridized carbons (Fsp3) is 0.111. The highest BCUT2D eigenvalue weighted by molar-refractivity contribution is 6.31. The number of hydrogen-bond acceptors (Lipinski definition) is 2. The van der Waals surface area contributed by atoms with E-state index in [1.54, 1.807) is 24.3 Å². The molecule has 118 valence electrons. The van der Waals surface area contributed by atoms with Gasteiger partial charge in [0.15, 0.2) is 0 Å². The van der Waals surface area contributed by atoms with Crippen LogP contribution in [0.15, 0.2) is 54.2 Å². The van der Waals surface area contributed by atoms with E-state index >= 15 is 0 Å². The Morgan fingerprint density at radius 3 is 2.39 bits per heavy atom. The molecule has 2 aromatic rings. The number of carbonyl (C=O) groups is 2. The van der Waals surface area contributed by atoms with E-state index in [-0.39, 0.29) is 11.6 Å². The standard InChI is InChI=1S/C18H17ClN2O2/c1-12-15(19)9-6-10-16(12)21-18(23)17(20-13(2)22)11-14-7-4-3-5-8-14/h3-11H,1-2H3,(H,20,22)(H,21,23)/b17-11-. The van der Waals surface area contributed by atoms with Crippen LogP contribution in [0, 0.1) is 6.92 Å². The van der Waals surface area contributed by atoms with Gasteiger partial charge in [0, 0.05) is 17.6 Å². The van der Waals surface area contributed by atoms with Crippen molar-refractivity contribution in [3.63, 3.8) is 0 Å². The van der Waals surface area contributed by atoms with Gasteiger partial charge >= 0.3 is 0 Å². The van der Waals surface area contributed by atoms with Crippen molar-refractivity contribution in [2.45, 2.75) is 13.8 Å². The Morgan fingerprint density at radius 2 is 1.74 bits per heavy atom. The Bertz CT molecular complexity index is 755. The maximum Gasteiger partial charge on any atom is 0.272 e. The summed E-state index contributed by atoms with van der Waals surface area (Å²) in [5, 5.41) is 5.90. The first-order valence-electron chi connectivity index (χ1n) is 7.08. The van der Waals surface area contributed by atoms with E-state index in [9.17, 15) is 9.59 Å². The number of halogens is 1. The van der Waals surface area contributed by atoms with Gasteiger partial charge in [-0.05, 0) is 36.3 Å². The summed E-state index contributed by atoms with van der Waals surface area (Å²) in [6.07, 6.45) is 1.62. The average molecular weight is 329 g/mol. The summed E-state index contributed by atoms with van der Waals surface area (Å²) in [5.74, 6) is -0.723. The average Bonchev–Trinajstić information content (AvgIpc) is 2.52. The van der Waals surface area contributed by atoms with Gasteiger partial charge in [0.25, 0.3) is 5.91 Å². The summed E-state index contributed by atoms with van der Waals surface area (Å²) in [6, 6.07) is 14.6. The van der Waals surface area contributed by atoms with Crippen LogP contribution in [0.2, 0.25) is 5.02 Å².